The molecule has 1 atom stereocenters. The SMILES string of the molecule is CCO[C@@H](C)[C]1[CH][CH][CH][C]1P(c1ccccc1)c1ccccc1.[CH]1[CH][CH][C](P(c2ccccc2)c2ccccc2)[CH]1.[Fe+2]. The van der Waals surface area contributed by atoms with Gasteiger partial charge in [-0.2, -0.15) is 0 Å². The molecular weight excluding hydrogens is 590 g/mol. The molecule has 210 valence electrons. The zero-order chi connectivity index (χ0) is 28.3. The smallest absolute Gasteiger partial charge is 0.378 e. The van der Waals surface area contributed by atoms with E-state index in [1.165, 1.54) is 38.5 Å². The zero-order valence-electron chi connectivity index (χ0n) is 24.0. The first kappa shape index (κ1) is 33.1. The maximum absolute atomic E-state index is 5.86. The summed E-state index contributed by atoms with van der Waals surface area (Å²) in [4.78, 5) is 0. The molecule has 4 aromatic carbocycles. The van der Waals surface area contributed by atoms with Crippen LogP contribution in [0.3, 0.4) is 0 Å². The summed E-state index contributed by atoms with van der Waals surface area (Å²) in [6, 6.07) is 43.2. The Bertz CT molecular complexity index is 1190. The van der Waals surface area contributed by atoms with E-state index in [1.807, 2.05) is 0 Å². The van der Waals surface area contributed by atoms with Gasteiger partial charge in [0.05, 0.1) is 6.10 Å². The van der Waals surface area contributed by atoms with Crippen molar-refractivity contribution in [1.82, 2.24) is 0 Å². The molecule has 2 fully saturated rings. The summed E-state index contributed by atoms with van der Waals surface area (Å²) in [7, 11) is -0.962. The summed E-state index contributed by atoms with van der Waals surface area (Å²) >= 11 is 0. The second-order valence-corrected chi connectivity index (χ2v) is 14.0. The minimum absolute atomic E-state index is 0. The topological polar surface area (TPSA) is 9.23 Å². The molecule has 0 saturated heterocycles. The molecular formula is C38H36FeOP2+2. The van der Waals surface area contributed by atoms with Crippen LogP contribution in [0.25, 0.3) is 0 Å². The summed E-state index contributed by atoms with van der Waals surface area (Å²) in [6.07, 6.45) is 15.4. The van der Waals surface area contributed by atoms with Crippen molar-refractivity contribution >= 4 is 37.1 Å². The normalized spacial score (nSPS) is 16.7. The van der Waals surface area contributed by atoms with Gasteiger partial charge in [0.15, 0.2) is 0 Å². The predicted octanol–water partition coefficient (Wildman–Crippen LogP) is 7.76. The fourth-order valence-corrected chi connectivity index (χ4v) is 9.86. The molecule has 2 aliphatic rings. The third-order valence-electron chi connectivity index (χ3n) is 6.88. The van der Waals surface area contributed by atoms with Crippen molar-refractivity contribution in [2.75, 3.05) is 6.61 Å². The van der Waals surface area contributed by atoms with Crippen molar-refractivity contribution in [3.05, 3.63) is 184 Å². The molecule has 0 amide bonds. The van der Waals surface area contributed by atoms with Gasteiger partial charge in [-0.3, -0.25) is 0 Å². The van der Waals surface area contributed by atoms with Crippen LogP contribution in [0.15, 0.2) is 121 Å². The number of hydrogen-bond acceptors (Lipinski definition) is 1. The van der Waals surface area contributed by atoms with Crippen LogP contribution in [0.5, 0.6) is 0 Å². The van der Waals surface area contributed by atoms with Gasteiger partial charge in [0.2, 0.25) is 0 Å². The molecule has 42 heavy (non-hydrogen) atoms. The predicted molar refractivity (Wildman–Crippen MR) is 179 cm³/mol. The third kappa shape index (κ3) is 8.65. The van der Waals surface area contributed by atoms with Crippen molar-refractivity contribution in [3.63, 3.8) is 0 Å². The number of ether oxygens (including phenoxy) is 1. The third-order valence-corrected chi connectivity index (χ3v) is 11.8. The van der Waals surface area contributed by atoms with E-state index in [0.717, 1.165) is 6.61 Å². The molecule has 0 spiro atoms. The fourth-order valence-electron chi connectivity index (χ4n) is 5.01. The quantitative estimate of drug-likeness (QED) is 0.136. The Morgan fingerprint density at radius 3 is 1.33 bits per heavy atom. The van der Waals surface area contributed by atoms with Crippen molar-refractivity contribution in [3.8, 4) is 0 Å². The Balaban J connectivity index is 0.000000193. The first-order valence-corrected chi connectivity index (χ1v) is 16.8. The fraction of sp³-hybridized carbons (Fsp3) is 0.105. The van der Waals surface area contributed by atoms with Gasteiger partial charge in [0, 0.05) is 23.8 Å². The molecule has 10 radical (unpaired) electrons. The van der Waals surface area contributed by atoms with Crippen LogP contribution in [0.2, 0.25) is 0 Å². The minimum Gasteiger partial charge on any atom is -0.378 e. The van der Waals surface area contributed by atoms with Crippen LogP contribution in [0.1, 0.15) is 13.8 Å². The summed E-state index contributed by atoms with van der Waals surface area (Å²) < 4.78 is 5.86. The van der Waals surface area contributed by atoms with E-state index in [-0.39, 0.29) is 23.2 Å². The van der Waals surface area contributed by atoms with E-state index in [2.05, 4.69) is 180 Å². The van der Waals surface area contributed by atoms with Gasteiger partial charge in [0.1, 0.15) is 0 Å². The molecule has 4 aromatic rings. The van der Waals surface area contributed by atoms with Gasteiger partial charge >= 0.3 is 17.1 Å². The van der Waals surface area contributed by atoms with Gasteiger partial charge in [-0.15, -0.1) is 0 Å². The standard InChI is InChI=1S/C21H22OP.C17H14P.Fe/c1-3-22-17(2)20-15-10-16-21(20)23(18-11-6-4-7-12-18)19-13-8-5-9-14-19;1-3-9-15(10-4-1)18(17-13-7-8-14-17)16-11-5-2-6-12-16;/h4-17H,3H2,1-2H3;1-14H;/q;;+2/t17-;;/m0../s1. The number of rotatable bonds is 9. The van der Waals surface area contributed by atoms with E-state index in [9.17, 15) is 0 Å². The van der Waals surface area contributed by atoms with Crippen LogP contribution >= 0.6 is 15.8 Å². The second kappa shape index (κ2) is 17.5. The molecule has 0 aromatic heterocycles. The molecule has 0 unspecified atom stereocenters. The molecule has 0 N–H and O–H groups in total. The molecule has 6 rings (SSSR count). The van der Waals surface area contributed by atoms with E-state index < -0.39 is 15.8 Å². The average Bonchev–Trinajstić information content (AvgIpc) is 3.74. The zero-order valence-corrected chi connectivity index (χ0v) is 26.9. The van der Waals surface area contributed by atoms with E-state index in [4.69, 9.17) is 4.74 Å². The van der Waals surface area contributed by atoms with Crippen molar-refractivity contribution < 1.29 is 21.8 Å². The Kier molecular flexibility index (Phi) is 13.8. The Morgan fingerprint density at radius 2 is 0.929 bits per heavy atom. The minimum atomic E-state index is -0.553. The molecule has 0 heterocycles. The molecule has 1 nitrogen and oxygen atoms in total. The van der Waals surface area contributed by atoms with Gasteiger partial charge in [0.25, 0.3) is 0 Å². The van der Waals surface area contributed by atoms with Gasteiger partial charge in [-0.05, 0) is 95.9 Å². The van der Waals surface area contributed by atoms with Crippen LogP contribution in [-0.4, -0.2) is 12.7 Å². The largest absolute Gasteiger partial charge is 2.00 e. The number of benzene rings is 4. The molecule has 0 bridgehead atoms. The van der Waals surface area contributed by atoms with E-state index in [0.29, 0.717) is 0 Å². The maximum Gasteiger partial charge on any atom is 2.00 e. The maximum atomic E-state index is 5.86. The first-order valence-electron chi connectivity index (χ1n) is 14.2. The van der Waals surface area contributed by atoms with Crippen LogP contribution in [-0.2, 0) is 21.8 Å². The second-order valence-electron chi connectivity index (χ2n) is 9.62. The summed E-state index contributed by atoms with van der Waals surface area (Å²) in [6.45, 7) is 4.93. The molecule has 4 heteroatoms. The van der Waals surface area contributed by atoms with Crippen LogP contribution in [0.4, 0.5) is 0 Å². The monoisotopic (exact) mass is 626 g/mol. The summed E-state index contributed by atoms with van der Waals surface area (Å²) in [5.74, 6) is 1.31. The Hall–Kier alpha value is -1.78. The van der Waals surface area contributed by atoms with Crippen LogP contribution in [0, 0.1) is 62.2 Å². The molecule has 2 aliphatic carbocycles. The first-order chi connectivity index (χ1) is 20.3. The summed E-state index contributed by atoms with van der Waals surface area (Å²) in [5.41, 5.74) is 2.82. The van der Waals surface area contributed by atoms with E-state index in [1.54, 1.807) is 0 Å². The van der Waals surface area contributed by atoms with Crippen LogP contribution < -0.4 is 21.2 Å². The van der Waals surface area contributed by atoms with Crippen molar-refractivity contribution in [2.45, 2.75) is 20.0 Å². The van der Waals surface area contributed by atoms with Gasteiger partial charge in [-0.1, -0.05) is 121 Å². The Labute approximate surface area is 267 Å². The van der Waals surface area contributed by atoms with Crippen molar-refractivity contribution in [2.24, 2.45) is 0 Å². The van der Waals surface area contributed by atoms with Crippen molar-refractivity contribution in [1.29, 1.82) is 0 Å². The molecule has 2 saturated carbocycles. The van der Waals surface area contributed by atoms with E-state index >= 15 is 0 Å². The average molecular weight is 626 g/mol. The van der Waals surface area contributed by atoms with Gasteiger partial charge in [-0.25, -0.2) is 0 Å². The van der Waals surface area contributed by atoms with Gasteiger partial charge < -0.3 is 4.74 Å². The molecule has 0 aliphatic heterocycles. The number of hydrogen-bond donors (Lipinski definition) is 0. The Morgan fingerprint density at radius 1 is 0.524 bits per heavy atom. The summed E-state index contributed by atoms with van der Waals surface area (Å²) in [5, 5.41) is 5.57.